The van der Waals surface area contributed by atoms with E-state index < -0.39 is 35.0 Å². The Hall–Kier alpha value is -0.840. The first-order valence-electron chi connectivity index (χ1n) is 6.16. The Kier molecular flexibility index (Phi) is 4.52. The number of rotatable bonds is 5. The Morgan fingerprint density at radius 2 is 2.05 bits per heavy atom. The van der Waals surface area contributed by atoms with Crippen molar-refractivity contribution in [1.29, 1.82) is 0 Å². The lowest BCUT2D eigenvalue weighted by atomic mass is 9.96. The van der Waals surface area contributed by atoms with Crippen molar-refractivity contribution in [2.45, 2.75) is 43.2 Å². The summed E-state index contributed by atoms with van der Waals surface area (Å²) in [5.41, 5.74) is 0. The number of fused-ring (bicyclic) bond motifs is 2. The van der Waals surface area contributed by atoms with Gasteiger partial charge in [-0.05, 0) is 26.2 Å². The second-order valence-electron chi connectivity index (χ2n) is 5.25. The summed E-state index contributed by atoms with van der Waals surface area (Å²) >= 11 is -0.502. The molecule has 10 heteroatoms. The number of alkyl halides is 3. The second-order valence-corrected chi connectivity index (χ2v) is 6.37. The minimum Gasteiger partial charge on any atom is -0.691 e. The molecule has 2 bridgehead atoms. The molecular formula is C11H12F3O6S-. The Morgan fingerprint density at radius 3 is 2.52 bits per heavy atom. The van der Waals surface area contributed by atoms with Gasteiger partial charge in [-0.15, -0.1) is 0 Å². The highest BCUT2D eigenvalue weighted by atomic mass is 32.2. The molecule has 21 heavy (non-hydrogen) atoms. The van der Waals surface area contributed by atoms with E-state index in [1.54, 1.807) is 0 Å². The van der Waals surface area contributed by atoms with E-state index in [2.05, 4.69) is 9.37 Å². The number of Topliss-reactive ketones (excluding diaryl/α,β-unsaturated/α-hetero) is 1. The number of ketones is 1. The Morgan fingerprint density at radius 1 is 1.38 bits per heavy atom. The van der Waals surface area contributed by atoms with Gasteiger partial charge in [0.15, 0.2) is 11.9 Å². The average Bonchev–Trinajstić information content (AvgIpc) is 2.98. The molecular weight excluding hydrogens is 317 g/mol. The fraction of sp³-hybridized carbons (Fsp3) is 0.818. The molecule has 6 nitrogen and oxygen atoms in total. The first-order chi connectivity index (χ1) is 9.70. The van der Waals surface area contributed by atoms with E-state index in [1.807, 2.05) is 0 Å². The van der Waals surface area contributed by atoms with E-state index in [1.165, 1.54) is 0 Å². The maximum atomic E-state index is 13.0. The third-order valence-corrected chi connectivity index (χ3v) is 4.83. The van der Waals surface area contributed by atoms with Gasteiger partial charge in [0.05, 0.1) is 12.0 Å². The Labute approximate surface area is 122 Å². The quantitative estimate of drug-likeness (QED) is 0.323. The maximum absolute atomic E-state index is 13.0. The topological polar surface area (TPSA) is 84.9 Å². The van der Waals surface area contributed by atoms with E-state index in [-0.39, 0.29) is 17.6 Å². The first kappa shape index (κ1) is 16.5. The van der Waals surface area contributed by atoms with E-state index in [4.69, 9.17) is 4.74 Å². The molecule has 0 aromatic rings. The number of esters is 1. The van der Waals surface area contributed by atoms with Crippen molar-refractivity contribution in [1.82, 2.24) is 0 Å². The second kappa shape index (κ2) is 5.75. The predicted molar refractivity (Wildman–Crippen MR) is 59.9 cm³/mol. The summed E-state index contributed by atoms with van der Waals surface area (Å²) in [7, 11) is 0. The number of carbonyl (C=O) groups excluding carboxylic acids is 2. The van der Waals surface area contributed by atoms with Crippen LogP contribution in [0, 0.1) is 11.8 Å². The smallest absolute Gasteiger partial charge is 0.415 e. The molecule has 4 atom stereocenters. The van der Waals surface area contributed by atoms with E-state index in [0.717, 1.165) is 0 Å². The maximum Gasteiger partial charge on any atom is 0.415 e. The lowest BCUT2D eigenvalue weighted by molar-refractivity contribution is -0.777. The van der Waals surface area contributed by atoms with E-state index in [0.29, 0.717) is 26.2 Å². The third kappa shape index (κ3) is 2.89. The zero-order valence-corrected chi connectivity index (χ0v) is 11.7. The number of ether oxygens (including phenoxy) is 1. The van der Waals surface area contributed by atoms with Crippen molar-refractivity contribution in [3.05, 3.63) is 0 Å². The van der Waals surface area contributed by atoms with Crippen molar-refractivity contribution in [2.75, 3.05) is 0 Å². The highest BCUT2D eigenvalue weighted by Gasteiger charge is 2.62. The number of hydrogen-bond acceptors (Lipinski definition) is 7. The molecule has 2 aliphatic carbocycles. The SMILES string of the molecule is CC(SOO[O-])(C(=O)OC1C(=O)C2CCC1C2)C(F)(F)F. The fourth-order valence-corrected chi connectivity index (χ4v) is 3.05. The van der Waals surface area contributed by atoms with Gasteiger partial charge in [0.1, 0.15) is 0 Å². The summed E-state index contributed by atoms with van der Waals surface area (Å²) < 4.78 is 44.3. The molecule has 120 valence electrons. The van der Waals surface area contributed by atoms with Crippen molar-refractivity contribution < 1.29 is 42.1 Å². The first-order valence-corrected chi connectivity index (χ1v) is 6.90. The molecule has 2 saturated carbocycles. The molecule has 0 radical (unpaired) electrons. The van der Waals surface area contributed by atoms with E-state index >= 15 is 0 Å². The third-order valence-electron chi connectivity index (χ3n) is 3.98. The summed E-state index contributed by atoms with van der Waals surface area (Å²) in [5.74, 6) is -2.48. The minimum absolute atomic E-state index is 0.231. The molecule has 2 rings (SSSR count). The highest BCUT2D eigenvalue weighted by molar-refractivity contribution is 7.96. The van der Waals surface area contributed by atoms with Crippen molar-refractivity contribution in [3.63, 3.8) is 0 Å². The predicted octanol–water partition coefficient (Wildman–Crippen LogP) is 1.09. The molecule has 0 spiro atoms. The van der Waals surface area contributed by atoms with Crippen molar-refractivity contribution >= 4 is 23.8 Å². The molecule has 0 aromatic carbocycles. The van der Waals surface area contributed by atoms with Gasteiger partial charge < -0.3 is 9.99 Å². The minimum atomic E-state index is -5.05. The fourth-order valence-electron chi connectivity index (χ4n) is 2.68. The van der Waals surface area contributed by atoms with Crippen molar-refractivity contribution in [2.24, 2.45) is 11.8 Å². The summed E-state index contributed by atoms with van der Waals surface area (Å²) in [6.07, 6.45) is -4.34. The van der Waals surface area contributed by atoms with Gasteiger partial charge in [0.25, 0.3) is 0 Å². The largest absolute Gasteiger partial charge is 0.691 e. The van der Waals surface area contributed by atoms with Crippen LogP contribution in [0.4, 0.5) is 13.2 Å². The molecule has 0 aliphatic heterocycles. The standard InChI is InChI=1S/C11H13F3O6S/c1-10(11(12,13)14,21-20-19-17)9(16)18-8-6-3-2-5(4-6)7(8)15/h5-6,8,17H,2-4H2,1H3/p-1. The van der Waals surface area contributed by atoms with Crippen molar-refractivity contribution in [3.8, 4) is 0 Å². The van der Waals surface area contributed by atoms with Crippen LogP contribution in [0.25, 0.3) is 0 Å². The average molecular weight is 329 g/mol. The van der Waals surface area contributed by atoms with Crippen LogP contribution in [0.5, 0.6) is 0 Å². The zero-order chi connectivity index (χ0) is 15.8. The van der Waals surface area contributed by atoms with Crippen LogP contribution in [0.1, 0.15) is 26.2 Å². The zero-order valence-electron chi connectivity index (χ0n) is 10.8. The van der Waals surface area contributed by atoms with Crippen LogP contribution in [0.2, 0.25) is 0 Å². The van der Waals surface area contributed by atoms with E-state index in [9.17, 15) is 28.0 Å². The summed E-state index contributed by atoms with van der Waals surface area (Å²) in [5, 5.41) is 12.6. The van der Waals surface area contributed by atoms with Gasteiger partial charge in [0.2, 0.25) is 4.75 Å². The number of carbonyl (C=O) groups is 2. The van der Waals surface area contributed by atoms with Crippen LogP contribution in [0.3, 0.4) is 0 Å². The van der Waals surface area contributed by atoms with Crippen LogP contribution >= 0.6 is 12.0 Å². The lowest BCUT2D eigenvalue weighted by Crippen LogP contribution is -2.50. The van der Waals surface area contributed by atoms with Gasteiger partial charge in [0, 0.05) is 11.8 Å². The lowest BCUT2D eigenvalue weighted by Gasteiger charge is -2.30. The van der Waals surface area contributed by atoms with Gasteiger partial charge in [-0.2, -0.15) is 17.5 Å². The normalized spacial score (nSPS) is 31.3. The van der Waals surface area contributed by atoms with Gasteiger partial charge in [-0.25, -0.2) is 0 Å². The van der Waals surface area contributed by atoms with Crippen LogP contribution in [-0.4, -0.2) is 28.8 Å². The van der Waals surface area contributed by atoms with Crippen LogP contribution < -0.4 is 5.26 Å². The summed E-state index contributed by atoms with van der Waals surface area (Å²) in [6.45, 7) is 0.497. The molecule has 4 unspecified atom stereocenters. The number of hydrogen-bond donors (Lipinski definition) is 0. The number of halogens is 3. The summed E-state index contributed by atoms with van der Waals surface area (Å²) in [4.78, 5) is 23.7. The molecule has 0 N–H and O–H groups in total. The molecule has 2 fully saturated rings. The molecule has 2 aliphatic rings. The molecule has 0 saturated heterocycles. The van der Waals surface area contributed by atoms with Gasteiger partial charge in [-0.3, -0.25) is 14.6 Å². The monoisotopic (exact) mass is 329 g/mol. The molecule has 0 amide bonds. The van der Waals surface area contributed by atoms with Gasteiger partial charge in [-0.1, -0.05) is 0 Å². The van der Waals surface area contributed by atoms with Crippen LogP contribution in [0.15, 0.2) is 0 Å². The molecule has 0 aromatic heterocycles. The van der Waals surface area contributed by atoms with Crippen LogP contribution in [-0.2, 0) is 23.7 Å². The Bertz CT molecular complexity index is 442. The van der Waals surface area contributed by atoms with Gasteiger partial charge >= 0.3 is 12.1 Å². The summed E-state index contributed by atoms with van der Waals surface area (Å²) in [6, 6.07) is 0. The highest BCUT2D eigenvalue weighted by Crippen LogP contribution is 2.47. The molecule has 0 heterocycles. The Balaban J connectivity index is 2.10.